The summed E-state index contributed by atoms with van der Waals surface area (Å²) in [5, 5.41) is 3.79. The first-order valence-corrected chi connectivity index (χ1v) is 9.52. The van der Waals surface area contributed by atoms with Gasteiger partial charge in [0.15, 0.2) is 0 Å². The summed E-state index contributed by atoms with van der Waals surface area (Å²) in [7, 11) is 2.41. The van der Waals surface area contributed by atoms with Gasteiger partial charge in [-0.1, -0.05) is 27.2 Å². The molecule has 0 aromatic rings. The van der Waals surface area contributed by atoms with Crippen molar-refractivity contribution in [2.24, 2.45) is 29.6 Å². The van der Waals surface area contributed by atoms with Gasteiger partial charge in [0.05, 0.1) is 0 Å². The van der Waals surface area contributed by atoms with Gasteiger partial charge in [0.1, 0.15) is 0 Å². The van der Waals surface area contributed by atoms with E-state index >= 15 is 0 Å². The summed E-state index contributed by atoms with van der Waals surface area (Å²) in [5.41, 5.74) is 0. The van der Waals surface area contributed by atoms with Crippen LogP contribution in [0.5, 0.6) is 0 Å². The number of hydrogen-bond donors (Lipinski definition) is 1. The lowest BCUT2D eigenvalue weighted by Gasteiger charge is -2.46. The summed E-state index contributed by atoms with van der Waals surface area (Å²) in [6, 6.07) is 1.46. The third kappa shape index (κ3) is 3.32. The van der Waals surface area contributed by atoms with Crippen LogP contribution < -0.4 is 5.32 Å². The summed E-state index contributed by atoms with van der Waals surface area (Å²) in [4.78, 5) is 2.75. The van der Waals surface area contributed by atoms with Gasteiger partial charge < -0.3 is 10.2 Å². The van der Waals surface area contributed by atoms with E-state index in [4.69, 9.17) is 0 Å². The Morgan fingerprint density at radius 2 is 1.86 bits per heavy atom. The van der Waals surface area contributed by atoms with E-state index in [0.29, 0.717) is 6.04 Å². The van der Waals surface area contributed by atoms with E-state index in [1.54, 1.807) is 6.42 Å². The summed E-state index contributed by atoms with van der Waals surface area (Å²) in [6.45, 7) is 9.65. The molecule has 0 aliphatic heterocycles. The number of hydrogen-bond acceptors (Lipinski definition) is 2. The molecule has 2 heteroatoms. The predicted octanol–water partition coefficient (Wildman–Crippen LogP) is 3.77. The summed E-state index contributed by atoms with van der Waals surface area (Å²) < 4.78 is 0. The van der Waals surface area contributed by atoms with Gasteiger partial charge in [0, 0.05) is 18.6 Å². The molecule has 7 unspecified atom stereocenters. The highest BCUT2D eigenvalue weighted by atomic mass is 15.2. The van der Waals surface area contributed by atoms with E-state index in [2.05, 4.69) is 38.0 Å². The van der Waals surface area contributed by atoms with E-state index in [1.807, 2.05) is 0 Å². The van der Waals surface area contributed by atoms with Gasteiger partial charge in [-0.3, -0.25) is 0 Å². The summed E-state index contributed by atoms with van der Waals surface area (Å²) in [6.07, 6.45) is 8.90. The zero-order valence-electron chi connectivity index (χ0n) is 14.6. The van der Waals surface area contributed by atoms with Crippen LogP contribution in [-0.4, -0.2) is 37.1 Å². The highest BCUT2D eigenvalue weighted by Gasteiger charge is 2.42. The first-order chi connectivity index (χ1) is 10.1. The summed E-state index contributed by atoms with van der Waals surface area (Å²) in [5.74, 6) is 4.87. The molecule has 0 amide bonds. The molecule has 3 aliphatic carbocycles. The van der Waals surface area contributed by atoms with Crippen molar-refractivity contribution in [2.45, 2.75) is 71.4 Å². The average Bonchev–Trinajstić information content (AvgIpc) is 3.00. The van der Waals surface area contributed by atoms with Gasteiger partial charge in [-0.2, -0.15) is 0 Å². The lowest BCUT2D eigenvalue weighted by atomic mass is 9.75. The number of fused-ring (bicyclic) bond motifs is 2. The van der Waals surface area contributed by atoms with Crippen molar-refractivity contribution in [3.8, 4) is 0 Å². The third-order valence-corrected chi connectivity index (χ3v) is 6.81. The maximum atomic E-state index is 3.79. The minimum absolute atomic E-state index is 0.706. The highest BCUT2D eigenvalue weighted by molar-refractivity contribution is 4.96. The molecule has 1 N–H and O–H groups in total. The van der Waals surface area contributed by atoms with E-state index < -0.39 is 0 Å². The van der Waals surface area contributed by atoms with Gasteiger partial charge >= 0.3 is 0 Å². The van der Waals surface area contributed by atoms with Crippen molar-refractivity contribution in [2.75, 3.05) is 20.1 Å². The van der Waals surface area contributed by atoms with Crippen LogP contribution in [0.2, 0.25) is 0 Å². The Hall–Kier alpha value is -0.0800. The summed E-state index contributed by atoms with van der Waals surface area (Å²) >= 11 is 0. The van der Waals surface area contributed by atoms with Gasteiger partial charge in [-0.15, -0.1) is 0 Å². The van der Waals surface area contributed by atoms with Crippen molar-refractivity contribution < 1.29 is 0 Å². The highest BCUT2D eigenvalue weighted by Crippen LogP contribution is 2.48. The topological polar surface area (TPSA) is 15.3 Å². The molecule has 0 aromatic heterocycles. The number of rotatable bonds is 5. The van der Waals surface area contributed by atoms with E-state index in [1.165, 1.54) is 38.6 Å². The maximum Gasteiger partial charge on any atom is 0.0272 e. The van der Waals surface area contributed by atoms with Crippen LogP contribution in [0.4, 0.5) is 0 Å². The van der Waals surface area contributed by atoms with E-state index in [9.17, 15) is 0 Å². The van der Waals surface area contributed by atoms with Crippen LogP contribution >= 0.6 is 0 Å². The monoisotopic (exact) mass is 292 g/mol. The first kappa shape index (κ1) is 15.8. The molecule has 122 valence electrons. The normalized spacial score (nSPS) is 46.4. The Bertz CT molecular complexity index is 342. The van der Waals surface area contributed by atoms with Crippen molar-refractivity contribution >= 4 is 0 Å². The fourth-order valence-electron chi connectivity index (χ4n) is 6.14. The molecule has 0 radical (unpaired) electrons. The molecule has 2 bridgehead atoms. The van der Waals surface area contributed by atoms with Gasteiger partial charge in [0.2, 0.25) is 0 Å². The van der Waals surface area contributed by atoms with Crippen LogP contribution in [-0.2, 0) is 0 Å². The van der Waals surface area contributed by atoms with Crippen LogP contribution in [0.25, 0.3) is 0 Å². The molecule has 2 nitrogen and oxygen atoms in total. The average molecular weight is 293 g/mol. The van der Waals surface area contributed by atoms with Gasteiger partial charge in [-0.05, 0) is 75.3 Å². The third-order valence-electron chi connectivity index (χ3n) is 6.81. The minimum Gasteiger partial charge on any atom is -0.313 e. The van der Waals surface area contributed by atoms with Crippen molar-refractivity contribution in [3.05, 3.63) is 0 Å². The molecule has 0 aromatic carbocycles. The fourth-order valence-corrected chi connectivity index (χ4v) is 6.14. The second-order valence-electron chi connectivity index (χ2n) is 8.58. The SMILES string of the molecule is CCNC1CC(C)CC(C)C1N(C)CC1CC2CCC1C2. The Labute approximate surface area is 132 Å². The second kappa shape index (κ2) is 6.58. The van der Waals surface area contributed by atoms with Gasteiger partial charge in [0.25, 0.3) is 0 Å². The zero-order chi connectivity index (χ0) is 15.0. The largest absolute Gasteiger partial charge is 0.313 e. The predicted molar refractivity (Wildman–Crippen MR) is 90.4 cm³/mol. The Balaban J connectivity index is 1.62. The lowest BCUT2D eigenvalue weighted by molar-refractivity contribution is 0.0622. The second-order valence-corrected chi connectivity index (χ2v) is 8.58. The Kier molecular flexibility index (Phi) is 4.95. The van der Waals surface area contributed by atoms with E-state index in [0.717, 1.165) is 42.2 Å². The molecule has 0 heterocycles. The fraction of sp³-hybridized carbons (Fsp3) is 1.00. The molecule has 7 atom stereocenters. The maximum absolute atomic E-state index is 3.79. The van der Waals surface area contributed by atoms with Crippen molar-refractivity contribution in [1.82, 2.24) is 10.2 Å². The molecule has 0 saturated heterocycles. The van der Waals surface area contributed by atoms with Crippen LogP contribution in [0.3, 0.4) is 0 Å². The molecule has 21 heavy (non-hydrogen) atoms. The molecule has 3 rings (SSSR count). The molecule has 3 aliphatic rings. The molecule has 3 fully saturated rings. The van der Waals surface area contributed by atoms with Gasteiger partial charge in [-0.25, -0.2) is 0 Å². The van der Waals surface area contributed by atoms with Crippen LogP contribution in [0.15, 0.2) is 0 Å². The smallest absolute Gasteiger partial charge is 0.0272 e. The first-order valence-electron chi connectivity index (χ1n) is 9.52. The van der Waals surface area contributed by atoms with Crippen LogP contribution in [0, 0.1) is 29.6 Å². The standard InChI is InChI=1S/C19H36N2/c1-5-20-18-9-13(2)8-14(3)19(18)21(4)12-17-11-15-6-7-16(17)10-15/h13-20H,5-12H2,1-4H3. The van der Waals surface area contributed by atoms with E-state index in [-0.39, 0.29) is 0 Å². The molecular formula is C19H36N2. The van der Waals surface area contributed by atoms with Crippen molar-refractivity contribution in [1.29, 1.82) is 0 Å². The Morgan fingerprint density at radius 3 is 2.48 bits per heavy atom. The molecule has 0 spiro atoms. The minimum atomic E-state index is 0.706. The quantitative estimate of drug-likeness (QED) is 0.830. The lowest BCUT2D eigenvalue weighted by Crippen LogP contribution is -2.56. The number of nitrogens with one attached hydrogen (secondary N) is 1. The number of nitrogens with zero attached hydrogens (tertiary/aromatic N) is 1. The van der Waals surface area contributed by atoms with Crippen LogP contribution in [0.1, 0.15) is 59.3 Å². The molecule has 3 saturated carbocycles. The zero-order valence-corrected chi connectivity index (χ0v) is 14.6. The number of likely N-dealkylation sites (N-methyl/N-ethyl adjacent to an activating group) is 2. The Morgan fingerprint density at radius 1 is 1.05 bits per heavy atom. The van der Waals surface area contributed by atoms with Crippen molar-refractivity contribution in [3.63, 3.8) is 0 Å². The molecular weight excluding hydrogens is 256 g/mol.